The number of carbonyl (C=O) groups excluding carboxylic acids is 4. The van der Waals surface area contributed by atoms with Gasteiger partial charge in [0.05, 0.1) is 36.3 Å². The summed E-state index contributed by atoms with van der Waals surface area (Å²) in [4.78, 5) is 55.4. The lowest BCUT2D eigenvalue weighted by Crippen LogP contribution is -2.45. The van der Waals surface area contributed by atoms with Crippen molar-refractivity contribution in [3.63, 3.8) is 0 Å². The Hall–Kier alpha value is -4.49. The lowest BCUT2D eigenvalue weighted by molar-refractivity contribution is -0.123. The normalized spacial score (nSPS) is 19.6. The third-order valence-electron chi connectivity index (χ3n) is 7.35. The van der Waals surface area contributed by atoms with E-state index in [1.807, 2.05) is 42.5 Å². The molecular weight excluding hydrogens is 560 g/mol. The summed E-state index contributed by atoms with van der Waals surface area (Å²) in [5.74, 6) is -0.612. The molecule has 3 amide bonds. The van der Waals surface area contributed by atoms with Gasteiger partial charge in [-0.3, -0.25) is 19.2 Å². The van der Waals surface area contributed by atoms with Crippen LogP contribution in [0.5, 0.6) is 0 Å². The second-order valence-electron chi connectivity index (χ2n) is 10.5. The van der Waals surface area contributed by atoms with Crippen LogP contribution in [0.25, 0.3) is 21.3 Å². The number of hydrogen-bond acceptors (Lipinski definition) is 10. The fraction of sp³-hybridized carbons (Fsp3) is 0.345. The molecule has 0 bridgehead atoms. The molecule has 4 heterocycles. The highest BCUT2D eigenvalue weighted by Gasteiger charge is 2.43. The van der Waals surface area contributed by atoms with Crippen LogP contribution in [-0.2, 0) is 25.5 Å². The van der Waals surface area contributed by atoms with E-state index in [2.05, 4.69) is 20.8 Å². The molecule has 2 aliphatic heterocycles. The largest absolute Gasteiger partial charge is 0.422 e. The minimum atomic E-state index is -1.12. The van der Waals surface area contributed by atoms with E-state index in [1.54, 1.807) is 11.8 Å². The summed E-state index contributed by atoms with van der Waals surface area (Å²) in [5, 5.41) is 14.2. The molecule has 2 N–H and O–H groups in total. The van der Waals surface area contributed by atoms with Crippen LogP contribution < -0.4 is 10.6 Å². The number of rotatable bonds is 7. The maximum Gasteiger partial charge on any atom is 0.254 e. The fourth-order valence-corrected chi connectivity index (χ4v) is 6.15. The Bertz CT molecular complexity index is 1690. The zero-order chi connectivity index (χ0) is 29.4. The first-order valence-electron chi connectivity index (χ1n) is 13.5. The standard InChI is InChI=1S/C29H28N6O6S/c1-16(36)30-25(26-34-33-24(41-26)15-29(2)22(37)14-23(38)32-29)27-31-20-8-7-19(13-21(20)42-27)17-3-5-18(6-4-17)28(39)35-9-11-40-12-10-35/h3-8,13,25H,9-12,14-15H2,1-2H3,(H,30,36)(H,32,38). The Morgan fingerprint density at radius 1 is 1.10 bits per heavy atom. The molecule has 2 saturated heterocycles. The molecule has 2 fully saturated rings. The second kappa shape index (κ2) is 11.1. The maximum absolute atomic E-state index is 12.8. The molecular formula is C29H28N6O6S. The molecule has 0 aliphatic carbocycles. The number of aromatic nitrogens is 3. The number of fused-ring (bicyclic) bond motifs is 1. The molecule has 12 nitrogen and oxygen atoms in total. The highest BCUT2D eigenvalue weighted by atomic mass is 32.1. The average Bonchev–Trinajstić information content (AvgIpc) is 3.68. The van der Waals surface area contributed by atoms with Crippen LogP contribution in [0.3, 0.4) is 0 Å². The Morgan fingerprint density at radius 3 is 2.52 bits per heavy atom. The summed E-state index contributed by atoms with van der Waals surface area (Å²) >= 11 is 1.38. The van der Waals surface area contributed by atoms with Gasteiger partial charge >= 0.3 is 0 Å². The van der Waals surface area contributed by atoms with Crippen molar-refractivity contribution in [3.8, 4) is 11.1 Å². The molecule has 42 heavy (non-hydrogen) atoms. The van der Waals surface area contributed by atoms with Crippen molar-refractivity contribution in [2.24, 2.45) is 0 Å². The fourth-order valence-electron chi connectivity index (χ4n) is 5.09. The van der Waals surface area contributed by atoms with E-state index >= 15 is 0 Å². The molecule has 6 rings (SSSR count). The smallest absolute Gasteiger partial charge is 0.254 e. The third kappa shape index (κ3) is 5.52. The van der Waals surface area contributed by atoms with E-state index in [1.165, 1.54) is 18.3 Å². The lowest BCUT2D eigenvalue weighted by Gasteiger charge is -2.26. The minimum Gasteiger partial charge on any atom is -0.422 e. The molecule has 4 aromatic rings. The van der Waals surface area contributed by atoms with Gasteiger partial charge in [-0.05, 0) is 42.3 Å². The summed E-state index contributed by atoms with van der Waals surface area (Å²) in [6.45, 7) is 5.29. The van der Waals surface area contributed by atoms with Gasteiger partial charge in [0, 0.05) is 25.6 Å². The van der Waals surface area contributed by atoms with Crippen LogP contribution >= 0.6 is 11.3 Å². The van der Waals surface area contributed by atoms with Crippen molar-refractivity contribution < 1.29 is 28.3 Å². The zero-order valence-corrected chi connectivity index (χ0v) is 23.8. The molecule has 216 valence electrons. The second-order valence-corrected chi connectivity index (χ2v) is 11.6. The van der Waals surface area contributed by atoms with Crippen molar-refractivity contribution in [1.29, 1.82) is 0 Å². The number of nitrogens with zero attached hydrogens (tertiary/aromatic N) is 4. The first kappa shape index (κ1) is 27.7. The van der Waals surface area contributed by atoms with E-state index in [-0.39, 0.29) is 48.1 Å². The van der Waals surface area contributed by atoms with E-state index < -0.39 is 11.6 Å². The molecule has 0 saturated carbocycles. The zero-order valence-electron chi connectivity index (χ0n) is 23.0. The number of hydrogen-bond donors (Lipinski definition) is 2. The maximum atomic E-state index is 12.8. The number of ketones is 1. The van der Waals surface area contributed by atoms with Gasteiger partial charge in [-0.2, -0.15) is 0 Å². The van der Waals surface area contributed by atoms with Crippen molar-refractivity contribution in [2.75, 3.05) is 26.3 Å². The van der Waals surface area contributed by atoms with E-state index in [4.69, 9.17) is 14.1 Å². The Morgan fingerprint density at radius 2 is 1.83 bits per heavy atom. The molecule has 2 aliphatic rings. The number of amides is 3. The first-order chi connectivity index (χ1) is 20.2. The Balaban J connectivity index is 1.23. The predicted molar refractivity (Wildman–Crippen MR) is 152 cm³/mol. The number of benzene rings is 2. The van der Waals surface area contributed by atoms with Crippen LogP contribution in [-0.4, -0.2) is 75.4 Å². The van der Waals surface area contributed by atoms with Gasteiger partial charge in [0.15, 0.2) is 11.8 Å². The molecule has 13 heteroatoms. The number of ether oxygens (including phenoxy) is 1. The number of thiazole rings is 1. The minimum absolute atomic E-state index is 0.00528. The molecule has 2 aromatic heterocycles. The molecule has 0 radical (unpaired) electrons. The number of carbonyl (C=O) groups is 4. The summed E-state index contributed by atoms with van der Waals surface area (Å²) in [6, 6.07) is 12.6. The van der Waals surface area contributed by atoms with Gasteiger partial charge in [-0.15, -0.1) is 21.5 Å². The van der Waals surface area contributed by atoms with Gasteiger partial charge in [0.25, 0.3) is 5.91 Å². The SMILES string of the molecule is CC(=O)NC(c1nnc(CC2(C)NC(=O)CC2=O)o1)c1nc2ccc(-c3ccc(C(=O)N4CCOCC4)cc3)cc2s1. The van der Waals surface area contributed by atoms with Crippen molar-refractivity contribution in [3.05, 3.63) is 64.8 Å². The van der Waals surface area contributed by atoms with Crippen LogP contribution in [0, 0.1) is 0 Å². The third-order valence-corrected chi connectivity index (χ3v) is 8.43. The van der Waals surface area contributed by atoms with E-state index in [0.717, 1.165) is 21.3 Å². The monoisotopic (exact) mass is 588 g/mol. The van der Waals surface area contributed by atoms with Gasteiger partial charge < -0.3 is 24.7 Å². The van der Waals surface area contributed by atoms with Gasteiger partial charge in [-0.1, -0.05) is 18.2 Å². The topological polar surface area (TPSA) is 157 Å². The first-order valence-corrected chi connectivity index (χ1v) is 14.3. The van der Waals surface area contributed by atoms with E-state index in [9.17, 15) is 19.2 Å². The molecule has 2 atom stereocenters. The lowest BCUT2D eigenvalue weighted by atomic mass is 9.95. The summed E-state index contributed by atoms with van der Waals surface area (Å²) in [7, 11) is 0. The number of nitrogens with one attached hydrogen (secondary N) is 2. The molecule has 2 aromatic carbocycles. The highest BCUT2D eigenvalue weighted by Crippen LogP contribution is 2.33. The van der Waals surface area contributed by atoms with Crippen molar-refractivity contribution in [1.82, 2.24) is 30.7 Å². The van der Waals surface area contributed by atoms with Crippen LogP contribution in [0.2, 0.25) is 0 Å². The van der Waals surface area contributed by atoms with Crippen LogP contribution in [0.15, 0.2) is 46.9 Å². The quantitative estimate of drug-likeness (QED) is 0.310. The number of Topliss-reactive ketones (excluding diaryl/α,β-unsaturated/α-hetero) is 1. The van der Waals surface area contributed by atoms with Crippen LogP contribution in [0.1, 0.15) is 53.5 Å². The Kier molecular flexibility index (Phi) is 7.29. The van der Waals surface area contributed by atoms with Crippen molar-refractivity contribution >= 4 is 45.1 Å². The van der Waals surface area contributed by atoms with Crippen molar-refractivity contribution in [2.45, 2.75) is 38.3 Å². The molecule has 0 spiro atoms. The average molecular weight is 589 g/mol. The Labute approximate surface area is 244 Å². The number of morpholine rings is 1. The molecule has 2 unspecified atom stereocenters. The summed E-state index contributed by atoms with van der Waals surface area (Å²) < 4.78 is 12.1. The highest BCUT2D eigenvalue weighted by molar-refractivity contribution is 7.18. The van der Waals surface area contributed by atoms with Gasteiger partial charge in [0.1, 0.15) is 10.5 Å². The van der Waals surface area contributed by atoms with Gasteiger partial charge in [-0.25, -0.2) is 4.98 Å². The summed E-state index contributed by atoms with van der Waals surface area (Å²) in [5.41, 5.74) is 2.15. The predicted octanol–water partition coefficient (Wildman–Crippen LogP) is 2.43. The van der Waals surface area contributed by atoms with Gasteiger partial charge in [0.2, 0.25) is 23.6 Å². The van der Waals surface area contributed by atoms with E-state index in [0.29, 0.717) is 36.9 Å². The summed E-state index contributed by atoms with van der Waals surface area (Å²) in [6.07, 6.45) is -0.145. The van der Waals surface area contributed by atoms with Crippen LogP contribution in [0.4, 0.5) is 0 Å².